The molecule has 0 N–H and O–H groups in total. The quantitative estimate of drug-likeness (QED) is 0.809. The summed E-state index contributed by atoms with van der Waals surface area (Å²) >= 11 is 0. The Labute approximate surface area is 93.7 Å². The number of rotatable bonds is 3. The predicted molar refractivity (Wildman–Crippen MR) is 60.3 cm³/mol. The van der Waals surface area contributed by atoms with Crippen molar-refractivity contribution in [2.45, 2.75) is 5.75 Å². The summed E-state index contributed by atoms with van der Waals surface area (Å²) in [5.74, 6) is -0.142. The minimum atomic E-state index is -3.30. The van der Waals surface area contributed by atoms with Gasteiger partial charge >= 0.3 is 0 Å². The van der Waals surface area contributed by atoms with Crippen molar-refractivity contribution in [1.29, 1.82) is 0 Å². The van der Waals surface area contributed by atoms with Crippen LogP contribution < -0.4 is 0 Å². The van der Waals surface area contributed by atoms with Gasteiger partial charge in [0.05, 0.1) is 0 Å². The number of para-hydroxylation sites is 1. The molecule has 0 aliphatic carbocycles. The summed E-state index contributed by atoms with van der Waals surface area (Å²) in [6, 6.07) is 7.20. The van der Waals surface area contributed by atoms with E-state index in [0.29, 0.717) is 11.3 Å². The summed E-state index contributed by atoms with van der Waals surface area (Å²) < 4.78 is 29.6. The second kappa shape index (κ2) is 3.88. The van der Waals surface area contributed by atoms with Gasteiger partial charge in [0.15, 0.2) is 5.58 Å². The van der Waals surface area contributed by atoms with Crippen LogP contribution in [0.4, 0.5) is 0 Å². The van der Waals surface area contributed by atoms with Gasteiger partial charge in [0.25, 0.3) is 0 Å². The summed E-state index contributed by atoms with van der Waals surface area (Å²) in [6.45, 7) is 0. The Kier molecular flexibility index (Phi) is 2.69. The highest BCUT2D eigenvalue weighted by Crippen LogP contribution is 2.20. The van der Waals surface area contributed by atoms with Crippen LogP contribution in [0.5, 0.6) is 0 Å². The Morgan fingerprint density at radius 2 is 2.00 bits per heavy atom. The Hall–Kier alpha value is -1.40. The zero-order valence-corrected chi connectivity index (χ0v) is 9.86. The lowest BCUT2D eigenvalue weighted by Gasteiger charge is -2.09. The zero-order chi connectivity index (χ0) is 11.8. The number of benzene rings is 1. The summed E-state index contributed by atoms with van der Waals surface area (Å²) in [4.78, 5) is 0. The maximum Gasteiger partial charge on any atom is 0.219 e. The van der Waals surface area contributed by atoms with Gasteiger partial charge in [-0.15, -0.1) is 0 Å². The monoisotopic (exact) mass is 240 g/mol. The van der Waals surface area contributed by atoms with Crippen molar-refractivity contribution in [2.24, 2.45) is 0 Å². The van der Waals surface area contributed by atoms with Gasteiger partial charge in [-0.25, -0.2) is 12.7 Å². The second-order valence-corrected chi connectivity index (χ2v) is 5.85. The summed E-state index contributed by atoms with van der Waals surface area (Å²) in [5, 5.41) is 4.53. The molecule has 0 aliphatic rings. The summed E-state index contributed by atoms with van der Waals surface area (Å²) in [7, 11) is -0.307. The molecule has 0 bridgehead atoms. The van der Waals surface area contributed by atoms with E-state index in [-0.39, 0.29) is 5.75 Å². The van der Waals surface area contributed by atoms with Crippen molar-refractivity contribution in [3.05, 3.63) is 30.0 Å². The topological polar surface area (TPSA) is 63.4 Å². The van der Waals surface area contributed by atoms with Crippen LogP contribution in [0.25, 0.3) is 11.0 Å². The Morgan fingerprint density at radius 1 is 1.31 bits per heavy atom. The third-order valence-electron chi connectivity index (χ3n) is 2.33. The molecule has 0 amide bonds. The first-order chi connectivity index (χ1) is 7.50. The SMILES string of the molecule is CN(C)S(=O)(=O)Cc1noc2ccccc12. The average Bonchev–Trinajstić information content (AvgIpc) is 2.61. The second-order valence-electron chi connectivity index (χ2n) is 3.66. The molecule has 0 aliphatic heterocycles. The van der Waals surface area contributed by atoms with E-state index in [0.717, 1.165) is 5.39 Å². The first-order valence-corrected chi connectivity index (χ1v) is 6.35. The molecule has 1 heterocycles. The molecule has 0 radical (unpaired) electrons. The summed E-state index contributed by atoms with van der Waals surface area (Å²) in [5.41, 5.74) is 1.05. The van der Waals surface area contributed by atoms with Crippen LogP contribution in [0.15, 0.2) is 28.8 Å². The molecule has 0 fully saturated rings. The minimum absolute atomic E-state index is 0.142. The van der Waals surface area contributed by atoms with Gasteiger partial charge in [-0.2, -0.15) is 0 Å². The Morgan fingerprint density at radius 3 is 2.69 bits per heavy atom. The highest BCUT2D eigenvalue weighted by Gasteiger charge is 2.19. The smallest absolute Gasteiger partial charge is 0.219 e. The maximum absolute atomic E-state index is 11.7. The largest absolute Gasteiger partial charge is 0.356 e. The van der Waals surface area contributed by atoms with Crippen molar-refractivity contribution in [3.8, 4) is 0 Å². The first-order valence-electron chi connectivity index (χ1n) is 4.74. The van der Waals surface area contributed by atoms with E-state index in [1.807, 2.05) is 12.1 Å². The Bertz CT molecular complexity index is 601. The van der Waals surface area contributed by atoms with E-state index >= 15 is 0 Å². The molecule has 2 rings (SSSR count). The number of aromatic nitrogens is 1. The third-order valence-corrected chi connectivity index (χ3v) is 4.08. The standard InChI is InChI=1S/C10H12N2O3S/c1-12(2)16(13,14)7-9-8-5-3-4-6-10(8)15-11-9/h3-6H,7H2,1-2H3. The molecule has 16 heavy (non-hydrogen) atoms. The fourth-order valence-corrected chi connectivity index (χ4v) is 2.16. The van der Waals surface area contributed by atoms with Gasteiger partial charge in [0.1, 0.15) is 11.4 Å². The highest BCUT2D eigenvalue weighted by atomic mass is 32.2. The van der Waals surface area contributed by atoms with Crippen molar-refractivity contribution in [2.75, 3.05) is 14.1 Å². The van der Waals surface area contributed by atoms with Gasteiger partial charge < -0.3 is 4.52 Å². The fraction of sp³-hybridized carbons (Fsp3) is 0.300. The number of hydrogen-bond donors (Lipinski definition) is 0. The van der Waals surface area contributed by atoms with Gasteiger partial charge in [-0.3, -0.25) is 0 Å². The summed E-state index contributed by atoms with van der Waals surface area (Å²) in [6.07, 6.45) is 0. The molecule has 0 saturated heterocycles. The van der Waals surface area contributed by atoms with E-state index in [1.165, 1.54) is 18.4 Å². The first kappa shape index (κ1) is 11.1. The van der Waals surface area contributed by atoms with E-state index in [4.69, 9.17) is 4.52 Å². The van der Waals surface area contributed by atoms with E-state index in [1.54, 1.807) is 12.1 Å². The van der Waals surface area contributed by atoms with Gasteiger partial charge in [-0.05, 0) is 12.1 Å². The average molecular weight is 240 g/mol. The molecule has 0 unspecified atom stereocenters. The lowest BCUT2D eigenvalue weighted by atomic mass is 10.2. The van der Waals surface area contributed by atoms with Crippen molar-refractivity contribution < 1.29 is 12.9 Å². The molecule has 6 heteroatoms. The molecule has 0 atom stereocenters. The fourth-order valence-electron chi connectivity index (χ4n) is 1.34. The van der Waals surface area contributed by atoms with Crippen LogP contribution in [0, 0.1) is 0 Å². The van der Waals surface area contributed by atoms with Crippen LogP contribution in [-0.4, -0.2) is 32.0 Å². The maximum atomic E-state index is 11.7. The molecule has 0 saturated carbocycles. The molecule has 2 aromatic rings. The van der Waals surface area contributed by atoms with Gasteiger partial charge in [-0.1, -0.05) is 17.3 Å². The molecule has 1 aromatic heterocycles. The predicted octanol–water partition coefficient (Wildman–Crippen LogP) is 1.22. The molecule has 5 nitrogen and oxygen atoms in total. The van der Waals surface area contributed by atoms with Crippen molar-refractivity contribution in [3.63, 3.8) is 0 Å². The minimum Gasteiger partial charge on any atom is -0.356 e. The number of hydrogen-bond acceptors (Lipinski definition) is 4. The third kappa shape index (κ3) is 1.94. The zero-order valence-electron chi connectivity index (χ0n) is 9.04. The Balaban J connectivity index is 2.43. The molecule has 86 valence electrons. The van der Waals surface area contributed by atoms with Crippen LogP contribution >= 0.6 is 0 Å². The number of fused-ring (bicyclic) bond motifs is 1. The van der Waals surface area contributed by atoms with Crippen LogP contribution in [0.1, 0.15) is 5.69 Å². The molecular weight excluding hydrogens is 228 g/mol. The van der Waals surface area contributed by atoms with Crippen LogP contribution in [0.2, 0.25) is 0 Å². The van der Waals surface area contributed by atoms with Gasteiger partial charge in [0, 0.05) is 19.5 Å². The van der Waals surface area contributed by atoms with Crippen molar-refractivity contribution in [1.82, 2.24) is 9.46 Å². The lowest BCUT2D eigenvalue weighted by Crippen LogP contribution is -2.23. The number of nitrogens with zero attached hydrogens (tertiary/aromatic N) is 2. The normalized spacial score (nSPS) is 12.4. The van der Waals surface area contributed by atoms with E-state index in [9.17, 15) is 8.42 Å². The molecule has 1 aromatic carbocycles. The van der Waals surface area contributed by atoms with E-state index < -0.39 is 10.0 Å². The van der Waals surface area contributed by atoms with Gasteiger partial charge in [0.2, 0.25) is 10.0 Å². The highest BCUT2D eigenvalue weighted by molar-refractivity contribution is 7.88. The van der Waals surface area contributed by atoms with Crippen molar-refractivity contribution >= 4 is 21.0 Å². The lowest BCUT2D eigenvalue weighted by molar-refractivity contribution is 0.447. The van der Waals surface area contributed by atoms with E-state index in [2.05, 4.69) is 5.16 Å². The molecule has 0 spiro atoms. The van der Waals surface area contributed by atoms with Crippen LogP contribution in [0.3, 0.4) is 0 Å². The number of sulfonamides is 1. The van der Waals surface area contributed by atoms with Crippen LogP contribution in [-0.2, 0) is 15.8 Å². The molecular formula is C10H12N2O3S.